The Morgan fingerprint density at radius 1 is 1.36 bits per heavy atom. The van der Waals surface area contributed by atoms with Gasteiger partial charge in [0.1, 0.15) is 18.2 Å². The van der Waals surface area contributed by atoms with Crippen molar-refractivity contribution in [3.05, 3.63) is 48.7 Å². The van der Waals surface area contributed by atoms with Gasteiger partial charge in [-0.15, -0.1) is 11.6 Å². The second-order valence-electron chi connectivity index (χ2n) is 6.98. The van der Waals surface area contributed by atoms with Crippen LogP contribution in [0.15, 0.2) is 43.2 Å². The fourth-order valence-electron chi connectivity index (χ4n) is 3.13. The average Bonchev–Trinajstić information content (AvgIpc) is 3.13. The third kappa shape index (κ3) is 5.25. The summed E-state index contributed by atoms with van der Waals surface area (Å²) in [7, 11) is 0. The molecule has 0 aliphatic carbocycles. The van der Waals surface area contributed by atoms with Gasteiger partial charge in [0.15, 0.2) is 0 Å². The summed E-state index contributed by atoms with van der Waals surface area (Å²) in [6.45, 7) is 7.30. The van der Waals surface area contributed by atoms with Crippen LogP contribution < -0.4 is 0 Å². The normalized spacial score (nSPS) is 20.2. The Morgan fingerprint density at radius 3 is 2.64 bits per heavy atom. The molecular formula is C20H24ClNO6. The van der Waals surface area contributed by atoms with Crippen molar-refractivity contribution in [3.63, 3.8) is 0 Å². The number of esters is 1. The number of amides is 1. The molecule has 0 saturated carbocycles. The second-order valence-corrected chi connectivity index (χ2v) is 7.50. The fourth-order valence-corrected chi connectivity index (χ4v) is 3.34. The van der Waals surface area contributed by atoms with Crippen molar-refractivity contribution in [1.82, 2.24) is 4.90 Å². The van der Waals surface area contributed by atoms with E-state index in [4.69, 9.17) is 25.8 Å². The molecule has 1 fully saturated rings. The molecule has 8 heteroatoms. The lowest BCUT2D eigenvalue weighted by molar-refractivity contribution is -0.148. The topological polar surface area (TPSA) is 82.1 Å². The number of hydrogen-bond donors (Lipinski definition) is 0. The maximum atomic E-state index is 12.7. The predicted molar refractivity (Wildman–Crippen MR) is 103 cm³/mol. The van der Waals surface area contributed by atoms with Crippen molar-refractivity contribution >= 4 is 30.1 Å². The van der Waals surface area contributed by atoms with E-state index in [1.54, 1.807) is 13.8 Å². The van der Waals surface area contributed by atoms with Crippen LogP contribution in [0, 0.1) is 5.92 Å². The number of benzene rings is 1. The minimum Gasteiger partial charge on any atom is -0.462 e. The summed E-state index contributed by atoms with van der Waals surface area (Å²) in [6.07, 6.45) is 0.548. The smallest absolute Gasteiger partial charge is 0.415 e. The highest BCUT2D eigenvalue weighted by Crippen LogP contribution is 2.35. The van der Waals surface area contributed by atoms with Gasteiger partial charge in [-0.1, -0.05) is 36.9 Å². The van der Waals surface area contributed by atoms with E-state index >= 15 is 0 Å². The lowest BCUT2D eigenvalue weighted by Gasteiger charge is -2.29. The summed E-state index contributed by atoms with van der Waals surface area (Å²) in [4.78, 5) is 36.9. The summed E-state index contributed by atoms with van der Waals surface area (Å²) in [5.74, 6) is -0.861. The highest BCUT2D eigenvalue weighted by molar-refractivity contribution is 6.21. The first kappa shape index (κ1) is 21.8. The molecule has 2 rings (SSSR count). The standard InChI is InChI=1S/C20H24ClNO6/c1-4-26-19(25)22-11-15(20(2,3)28-13-23)10-17(22)18(24)27-12-16(21)14-8-6-5-7-9-14/h4-9,13,15-17H,1,10-12H2,2-3H3/t15-,16?,17-/m1/s1. The number of rotatable bonds is 8. The van der Waals surface area contributed by atoms with Crippen molar-refractivity contribution in [3.8, 4) is 0 Å². The molecular weight excluding hydrogens is 386 g/mol. The Balaban J connectivity index is 2.07. The number of hydrogen-bond acceptors (Lipinski definition) is 6. The third-order valence-corrected chi connectivity index (χ3v) is 5.24. The van der Waals surface area contributed by atoms with Crippen LogP contribution >= 0.6 is 11.6 Å². The first-order chi connectivity index (χ1) is 13.3. The van der Waals surface area contributed by atoms with Gasteiger partial charge in [-0.25, -0.2) is 9.59 Å². The molecule has 1 aliphatic rings. The number of carbonyl (C=O) groups is 3. The molecule has 1 aromatic carbocycles. The lowest BCUT2D eigenvalue weighted by atomic mass is 9.88. The van der Waals surface area contributed by atoms with E-state index in [-0.39, 0.29) is 25.5 Å². The van der Waals surface area contributed by atoms with Crippen LogP contribution in [-0.2, 0) is 23.8 Å². The van der Waals surface area contributed by atoms with Gasteiger partial charge >= 0.3 is 12.1 Å². The van der Waals surface area contributed by atoms with Crippen LogP contribution in [0.3, 0.4) is 0 Å². The Labute approximate surface area is 169 Å². The van der Waals surface area contributed by atoms with Crippen LogP contribution in [0.1, 0.15) is 31.2 Å². The van der Waals surface area contributed by atoms with Gasteiger partial charge in [0, 0.05) is 12.5 Å². The molecule has 1 unspecified atom stereocenters. The van der Waals surface area contributed by atoms with E-state index in [1.165, 1.54) is 4.90 Å². The average molecular weight is 410 g/mol. The number of carbonyl (C=O) groups excluding carboxylic acids is 3. The largest absolute Gasteiger partial charge is 0.462 e. The summed E-state index contributed by atoms with van der Waals surface area (Å²) >= 11 is 6.29. The van der Waals surface area contributed by atoms with Crippen LogP contribution in [0.4, 0.5) is 4.79 Å². The van der Waals surface area contributed by atoms with E-state index in [9.17, 15) is 14.4 Å². The molecule has 152 valence electrons. The van der Waals surface area contributed by atoms with Crippen LogP contribution in [0.2, 0.25) is 0 Å². The van der Waals surface area contributed by atoms with Crippen molar-refractivity contribution in [1.29, 1.82) is 0 Å². The lowest BCUT2D eigenvalue weighted by Crippen LogP contribution is -2.42. The van der Waals surface area contributed by atoms with Crippen LogP contribution in [0.25, 0.3) is 0 Å². The van der Waals surface area contributed by atoms with Crippen molar-refractivity contribution in [2.24, 2.45) is 5.92 Å². The molecule has 0 aromatic heterocycles. The highest BCUT2D eigenvalue weighted by Gasteiger charge is 2.47. The molecule has 0 spiro atoms. The zero-order valence-corrected chi connectivity index (χ0v) is 16.6. The molecule has 1 saturated heterocycles. The van der Waals surface area contributed by atoms with Gasteiger partial charge in [-0.05, 0) is 25.8 Å². The molecule has 3 atom stereocenters. The summed E-state index contributed by atoms with van der Waals surface area (Å²) in [5, 5.41) is -0.509. The molecule has 0 radical (unpaired) electrons. The first-order valence-electron chi connectivity index (χ1n) is 8.85. The Hall–Kier alpha value is -2.54. The van der Waals surface area contributed by atoms with Gasteiger partial charge in [0.2, 0.25) is 0 Å². The van der Waals surface area contributed by atoms with E-state index in [1.807, 2.05) is 30.3 Å². The van der Waals surface area contributed by atoms with Crippen LogP contribution in [-0.4, -0.2) is 48.2 Å². The molecule has 0 bridgehead atoms. The molecule has 0 N–H and O–H groups in total. The maximum Gasteiger partial charge on any atom is 0.415 e. The Kier molecular flexibility index (Phi) is 7.45. The van der Waals surface area contributed by atoms with Gasteiger partial charge in [-0.3, -0.25) is 9.69 Å². The predicted octanol–water partition coefficient (Wildman–Crippen LogP) is 3.43. The van der Waals surface area contributed by atoms with E-state index < -0.39 is 29.1 Å². The van der Waals surface area contributed by atoms with Crippen molar-refractivity contribution in [2.45, 2.75) is 37.3 Å². The Bertz CT molecular complexity index is 708. The fraction of sp³-hybridized carbons (Fsp3) is 0.450. The first-order valence-corrected chi connectivity index (χ1v) is 9.29. The summed E-state index contributed by atoms with van der Waals surface area (Å²) < 4.78 is 15.3. The van der Waals surface area contributed by atoms with Gasteiger partial charge in [0.05, 0.1) is 11.6 Å². The van der Waals surface area contributed by atoms with E-state index in [0.29, 0.717) is 6.47 Å². The Morgan fingerprint density at radius 2 is 2.04 bits per heavy atom. The highest BCUT2D eigenvalue weighted by atomic mass is 35.5. The number of halogens is 1. The zero-order chi connectivity index (χ0) is 20.7. The monoisotopic (exact) mass is 409 g/mol. The number of likely N-dealkylation sites (tertiary alicyclic amines) is 1. The minimum absolute atomic E-state index is 0.0376. The molecule has 1 heterocycles. The number of alkyl halides is 1. The third-order valence-electron chi connectivity index (χ3n) is 4.86. The summed E-state index contributed by atoms with van der Waals surface area (Å²) in [5.41, 5.74) is -0.0348. The molecule has 28 heavy (non-hydrogen) atoms. The molecule has 1 aliphatic heterocycles. The second kappa shape index (κ2) is 9.59. The molecule has 1 amide bonds. The molecule has 1 aromatic rings. The number of nitrogens with zero attached hydrogens (tertiary/aromatic N) is 1. The van der Waals surface area contributed by atoms with Gasteiger partial charge < -0.3 is 14.2 Å². The van der Waals surface area contributed by atoms with Crippen molar-refractivity contribution < 1.29 is 28.6 Å². The SMILES string of the molecule is C=COC(=O)N1C[C@H](C(C)(C)OC=O)C[C@@H]1C(=O)OCC(Cl)c1ccccc1. The molecule has 7 nitrogen and oxygen atoms in total. The number of ether oxygens (including phenoxy) is 3. The quantitative estimate of drug-likeness (QED) is 0.215. The van der Waals surface area contributed by atoms with E-state index in [2.05, 4.69) is 6.58 Å². The van der Waals surface area contributed by atoms with Gasteiger partial charge in [-0.2, -0.15) is 0 Å². The van der Waals surface area contributed by atoms with E-state index in [0.717, 1.165) is 11.8 Å². The minimum atomic E-state index is -0.869. The maximum absolute atomic E-state index is 12.7. The summed E-state index contributed by atoms with van der Waals surface area (Å²) in [6, 6.07) is 8.36. The zero-order valence-electron chi connectivity index (χ0n) is 15.9. The van der Waals surface area contributed by atoms with Gasteiger partial charge in [0.25, 0.3) is 6.47 Å². The van der Waals surface area contributed by atoms with Crippen LogP contribution in [0.5, 0.6) is 0 Å². The van der Waals surface area contributed by atoms with Crippen molar-refractivity contribution in [2.75, 3.05) is 13.2 Å².